The molecule has 0 aliphatic rings. The van der Waals surface area contributed by atoms with E-state index in [0.29, 0.717) is 11.4 Å². The Bertz CT molecular complexity index is 486. The third kappa shape index (κ3) is 2.02. The van der Waals surface area contributed by atoms with Crippen LogP contribution in [0.25, 0.3) is 11.4 Å². The average molecular weight is 228 g/mol. The standard InChI is InChI=1S/C9H7F3N4/c1-16-14-8(13-15-16)6-2-4-7(5-3-6)9(10,11)12/h2-5H,1H3. The Morgan fingerprint density at radius 1 is 1.12 bits per heavy atom. The summed E-state index contributed by atoms with van der Waals surface area (Å²) in [5.74, 6) is 0.302. The number of tetrazole rings is 1. The molecule has 2 rings (SSSR count). The highest BCUT2D eigenvalue weighted by Crippen LogP contribution is 2.30. The van der Waals surface area contributed by atoms with E-state index in [0.717, 1.165) is 12.1 Å². The van der Waals surface area contributed by atoms with Gasteiger partial charge in [-0.15, -0.1) is 10.2 Å². The van der Waals surface area contributed by atoms with Gasteiger partial charge in [0.15, 0.2) is 0 Å². The number of nitrogens with zero attached hydrogens (tertiary/aromatic N) is 4. The molecule has 0 saturated heterocycles. The van der Waals surface area contributed by atoms with E-state index >= 15 is 0 Å². The molecule has 1 aromatic carbocycles. The SMILES string of the molecule is Cn1nnc(-c2ccc(C(F)(F)F)cc2)n1. The summed E-state index contributed by atoms with van der Waals surface area (Å²) in [6.07, 6.45) is -4.33. The second-order valence-electron chi connectivity index (χ2n) is 3.18. The number of benzene rings is 1. The van der Waals surface area contributed by atoms with Crippen LogP contribution in [0.1, 0.15) is 5.56 Å². The summed E-state index contributed by atoms with van der Waals surface area (Å²) < 4.78 is 36.8. The molecule has 0 atom stereocenters. The molecule has 0 radical (unpaired) electrons. The Morgan fingerprint density at radius 3 is 2.19 bits per heavy atom. The molecular formula is C9H7F3N4. The lowest BCUT2D eigenvalue weighted by atomic mass is 10.1. The second-order valence-corrected chi connectivity index (χ2v) is 3.18. The monoisotopic (exact) mass is 228 g/mol. The number of rotatable bonds is 1. The van der Waals surface area contributed by atoms with Gasteiger partial charge in [-0.2, -0.15) is 18.0 Å². The van der Waals surface area contributed by atoms with E-state index in [9.17, 15) is 13.2 Å². The summed E-state index contributed by atoms with van der Waals surface area (Å²) >= 11 is 0. The molecule has 0 aliphatic heterocycles. The second kappa shape index (κ2) is 3.58. The molecule has 2 aromatic rings. The quantitative estimate of drug-likeness (QED) is 0.748. The van der Waals surface area contributed by atoms with Crippen LogP contribution in [0.3, 0.4) is 0 Å². The summed E-state index contributed by atoms with van der Waals surface area (Å²) in [4.78, 5) is 1.24. The molecule has 4 nitrogen and oxygen atoms in total. The Hall–Kier alpha value is -1.92. The van der Waals surface area contributed by atoms with Gasteiger partial charge in [0.05, 0.1) is 12.6 Å². The van der Waals surface area contributed by atoms with E-state index in [4.69, 9.17) is 0 Å². The number of aromatic nitrogens is 4. The highest BCUT2D eigenvalue weighted by molar-refractivity contribution is 5.54. The van der Waals surface area contributed by atoms with Gasteiger partial charge in [0, 0.05) is 5.56 Å². The van der Waals surface area contributed by atoms with Gasteiger partial charge in [-0.3, -0.25) is 0 Å². The van der Waals surface area contributed by atoms with Gasteiger partial charge >= 0.3 is 6.18 Å². The summed E-state index contributed by atoms with van der Waals surface area (Å²) in [6, 6.07) is 4.62. The normalized spacial score (nSPS) is 11.8. The molecule has 84 valence electrons. The van der Waals surface area contributed by atoms with Crippen molar-refractivity contribution < 1.29 is 13.2 Å². The molecule has 0 N–H and O–H groups in total. The first kappa shape index (κ1) is 10.6. The van der Waals surface area contributed by atoms with Gasteiger partial charge in [-0.05, 0) is 17.3 Å². The lowest BCUT2D eigenvalue weighted by Gasteiger charge is -2.05. The minimum absolute atomic E-state index is 0.302. The zero-order valence-corrected chi connectivity index (χ0v) is 8.23. The van der Waals surface area contributed by atoms with Crippen molar-refractivity contribution in [3.8, 4) is 11.4 Å². The number of halogens is 3. The fourth-order valence-corrected chi connectivity index (χ4v) is 1.21. The highest BCUT2D eigenvalue weighted by Gasteiger charge is 2.30. The predicted molar refractivity (Wildman–Crippen MR) is 49.2 cm³/mol. The number of aryl methyl sites for hydroxylation is 1. The number of alkyl halides is 3. The average Bonchev–Trinajstić information content (AvgIpc) is 2.64. The van der Waals surface area contributed by atoms with Gasteiger partial charge in [0.1, 0.15) is 0 Å². The molecule has 1 aromatic heterocycles. The fraction of sp³-hybridized carbons (Fsp3) is 0.222. The Balaban J connectivity index is 2.33. The molecule has 0 spiro atoms. The van der Waals surface area contributed by atoms with Crippen molar-refractivity contribution in [3.63, 3.8) is 0 Å². The smallest absolute Gasteiger partial charge is 0.167 e. The summed E-state index contributed by atoms with van der Waals surface area (Å²) in [7, 11) is 1.58. The van der Waals surface area contributed by atoms with E-state index in [1.807, 2.05) is 0 Å². The summed E-state index contributed by atoms with van der Waals surface area (Å²) in [6.45, 7) is 0. The van der Waals surface area contributed by atoms with Crippen LogP contribution in [0.4, 0.5) is 13.2 Å². The lowest BCUT2D eigenvalue weighted by Crippen LogP contribution is -2.04. The third-order valence-corrected chi connectivity index (χ3v) is 1.98. The van der Waals surface area contributed by atoms with Crippen LogP contribution in [0.2, 0.25) is 0 Å². The van der Waals surface area contributed by atoms with Gasteiger partial charge in [0.25, 0.3) is 0 Å². The van der Waals surface area contributed by atoms with E-state index in [2.05, 4.69) is 15.4 Å². The van der Waals surface area contributed by atoms with E-state index in [1.165, 1.54) is 16.9 Å². The molecule has 0 fully saturated rings. The molecule has 0 saturated carbocycles. The molecule has 0 unspecified atom stereocenters. The Kier molecular flexibility index (Phi) is 2.37. The molecule has 1 heterocycles. The van der Waals surface area contributed by atoms with Crippen LogP contribution in [0.5, 0.6) is 0 Å². The van der Waals surface area contributed by atoms with Gasteiger partial charge in [-0.25, -0.2) is 0 Å². The van der Waals surface area contributed by atoms with E-state index in [-0.39, 0.29) is 0 Å². The predicted octanol–water partition coefficient (Wildman–Crippen LogP) is 1.90. The van der Waals surface area contributed by atoms with Crippen LogP contribution < -0.4 is 0 Å². The zero-order chi connectivity index (χ0) is 11.8. The van der Waals surface area contributed by atoms with Crippen molar-refractivity contribution in [2.24, 2.45) is 7.05 Å². The maximum Gasteiger partial charge on any atom is 0.416 e. The van der Waals surface area contributed by atoms with Crippen molar-refractivity contribution in [1.82, 2.24) is 20.2 Å². The number of hydrogen-bond donors (Lipinski definition) is 0. The highest BCUT2D eigenvalue weighted by atomic mass is 19.4. The maximum atomic E-state index is 12.3. The largest absolute Gasteiger partial charge is 0.416 e. The van der Waals surface area contributed by atoms with Crippen LogP contribution in [-0.2, 0) is 13.2 Å². The molecule has 0 amide bonds. The van der Waals surface area contributed by atoms with Gasteiger partial charge in [-0.1, -0.05) is 12.1 Å². The van der Waals surface area contributed by atoms with E-state index in [1.54, 1.807) is 7.05 Å². The van der Waals surface area contributed by atoms with Crippen molar-refractivity contribution in [3.05, 3.63) is 29.8 Å². The van der Waals surface area contributed by atoms with Crippen molar-refractivity contribution in [2.75, 3.05) is 0 Å². The maximum absolute atomic E-state index is 12.3. The van der Waals surface area contributed by atoms with Crippen LogP contribution in [-0.4, -0.2) is 20.2 Å². The Labute approximate surface area is 88.7 Å². The minimum atomic E-state index is -4.33. The van der Waals surface area contributed by atoms with Crippen molar-refractivity contribution >= 4 is 0 Å². The van der Waals surface area contributed by atoms with Crippen LogP contribution >= 0.6 is 0 Å². The molecule has 0 bridgehead atoms. The first-order valence-corrected chi connectivity index (χ1v) is 4.38. The molecule has 0 aliphatic carbocycles. The van der Waals surface area contributed by atoms with Gasteiger partial charge < -0.3 is 0 Å². The molecule has 16 heavy (non-hydrogen) atoms. The fourth-order valence-electron chi connectivity index (χ4n) is 1.21. The zero-order valence-electron chi connectivity index (χ0n) is 8.23. The summed E-state index contributed by atoms with van der Waals surface area (Å²) in [5, 5.41) is 11.2. The van der Waals surface area contributed by atoms with Crippen LogP contribution in [0.15, 0.2) is 24.3 Å². The van der Waals surface area contributed by atoms with Crippen LogP contribution in [0, 0.1) is 0 Å². The van der Waals surface area contributed by atoms with Crippen molar-refractivity contribution in [2.45, 2.75) is 6.18 Å². The Morgan fingerprint density at radius 2 is 1.75 bits per heavy atom. The van der Waals surface area contributed by atoms with E-state index < -0.39 is 11.7 Å². The molecular weight excluding hydrogens is 221 g/mol. The number of hydrogen-bond acceptors (Lipinski definition) is 3. The first-order valence-electron chi connectivity index (χ1n) is 4.38. The first-order chi connectivity index (χ1) is 7.47. The third-order valence-electron chi connectivity index (χ3n) is 1.98. The summed E-state index contributed by atoms with van der Waals surface area (Å²) in [5.41, 5.74) is -0.193. The minimum Gasteiger partial charge on any atom is -0.167 e. The molecule has 7 heteroatoms. The van der Waals surface area contributed by atoms with Gasteiger partial charge in [0.2, 0.25) is 5.82 Å². The topological polar surface area (TPSA) is 43.6 Å². The van der Waals surface area contributed by atoms with Crippen molar-refractivity contribution in [1.29, 1.82) is 0 Å². The lowest BCUT2D eigenvalue weighted by molar-refractivity contribution is -0.137.